The minimum atomic E-state index is -0.530. The van der Waals surface area contributed by atoms with Gasteiger partial charge in [-0.1, -0.05) is 0 Å². The number of ether oxygens (including phenoxy) is 1. The van der Waals surface area contributed by atoms with Gasteiger partial charge in [0.25, 0.3) is 0 Å². The number of carbonyl (C=O) groups is 1. The number of pyridine rings is 2. The molecule has 9 nitrogen and oxygen atoms in total. The molecule has 166 valence electrons. The summed E-state index contributed by atoms with van der Waals surface area (Å²) in [6.07, 6.45) is 4.93. The maximum absolute atomic E-state index is 12.5. The predicted molar refractivity (Wildman–Crippen MR) is 122 cm³/mol. The fourth-order valence-corrected chi connectivity index (χ4v) is 3.76. The molecule has 1 fully saturated rings. The molecule has 0 spiro atoms. The summed E-state index contributed by atoms with van der Waals surface area (Å²) < 4.78 is 7.22. The molecule has 4 heterocycles. The van der Waals surface area contributed by atoms with Crippen LogP contribution in [0.15, 0.2) is 36.7 Å². The van der Waals surface area contributed by atoms with Crippen molar-refractivity contribution in [1.29, 1.82) is 5.26 Å². The molecule has 0 saturated carbocycles. The van der Waals surface area contributed by atoms with Crippen LogP contribution in [0.25, 0.3) is 16.8 Å². The zero-order valence-corrected chi connectivity index (χ0v) is 18.5. The molecule has 3 N–H and O–H groups in total. The van der Waals surface area contributed by atoms with Crippen molar-refractivity contribution in [3.63, 3.8) is 0 Å². The number of fused-ring (bicyclic) bond motifs is 1. The van der Waals surface area contributed by atoms with Crippen molar-refractivity contribution in [3.05, 3.63) is 42.2 Å². The third-order valence-corrected chi connectivity index (χ3v) is 5.27. The molecule has 4 rings (SSSR count). The summed E-state index contributed by atoms with van der Waals surface area (Å²) in [6.45, 7) is 6.77. The Morgan fingerprint density at radius 1 is 1.34 bits per heavy atom. The van der Waals surface area contributed by atoms with Crippen LogP contribution in [-0.4, -0.2) is 50.3 Å². The zero-order valence-electron chi connectivity index (χ0n) is 18.5. The van der Waals surface area contributed by atoms with Crippen LogP contribution < -0.4 is 11.1 Å². The lowest BCUT2D eigenvalue weighted by molar-refractivity contribution is 0.0206. The number of hydrogen-bond donors (Lipinski definition) is 2. The molecule has 3 aromatic heterocycles. The summed E-state index contributed by atoms with van der Waals surface area (Å²) in [5, 5.41) is 17.0. The highest BCUT2D eigenvalue weighted by Crippen LogP contribution is 2.28. The monoisotopic (exact) mass is 433 g/mol. The average Bonchev–Trinajstić information content (AvgIpc) is 3.17. The zero-order chi connectivity index (χ0) is 22.9. The van der Waals surface area contributed by atoms with Crippen LogP contribution in [0.1, 0.15) is 39.2 Å². The van der Waals surface area contributed by atoms with E-state index in [-0.39, 0.29) is 12.1 Å². The molecular formula is C23H27N7O2. The summed E-state index contributed by atoms with van der Waals surface area (Å²) in [6, 6.07) is 9.30. The highest BCUT2D eigenvalue weighted by Gasteiger charge is 2.28. The third kappa shape index (κ3) is 4.59. The predicted octanol–water partition coefficient (Wildman–Crippen LogP) is 3.66. The summed E-state index contributed by atoms with van der Waals surface area (Å²) in [7, 11) is 0. The Morgan fingerprint density at radius 2 is 2.16 bits per heavy atom. The van der Waals surface area contributed by atoms with Crippen molar-refractivity contribution < 1.29 is 9.53 Å². The quantitative estimate of drug-likeness (QED) is 0.646. The lowest BCUT2D eigenvalue weighted by Crippen LogP contribution is -2.47. The third-order valence-electron chi connectivity index (χ3n) is 5.27. The molecule has 0 radical (unpaired) electrons. The fourth-order valence-electron chi connectivity index (χ4n) is 3.76. The largest absolute Gasteiger partial charge is 0.444 e. The van der Waals surface area contributed by atoms with Crippen LogP contribution >= 0.6 is 0 Å². The molecule has 0 aliphatic carbocycles. The van der Waals surface area contributed by atoms with Gasteiger partial charge >= 0.3 is 6.09 Å². The summed E-state index contributed by atoms with van der Waals surface area (Å²) in [5.41, 5.74) is 9.05. The Balaban J connectivity index is 1.55. The number of piperidine rings is 1. The Kier molecular flexibility index (Phi) is 5.61. The molecule has 32 heavy (non-hydrogen) atoms. The Hall–Kier alpha value is -3.80. The van der Waals surface area contributed by atoms with Gasteiger partial charge in [-0.15, -0.1) is 0 Å². The van der Waals surface area contributed by atoms with Crippen molar-refractivity contribution >= 4 is 23.1 Å². The van der Waals surface area contributed by atoms with Crippen LogP contribution in [0.4, 0.5) is 16.3 Å². The smallest absolute Gasteiger partial charge is 0.410 e. The van der Waals surface area contributed by atoms with Gasteiger partial charge in [-0.2, -0.15) is 10.4 Å². The van der Waals surface area contributed by atoms with E-state index in [1.807, 2.05) is 26.8 Å². The lowest BCUT2D eigenvalue weighted by atomic mass is 10.1. The molecule has 1 unspecified atom stereocenters. The molecule has 0 bridgehead atoms. The number of nitriles is 1. The fraction of sp³-hybridized carbons (Fsp3) is 0.391. The van der Waals surface area contributed by atoms with Gasteiger partial charge in [-0.25, -0.2) is 14.3 Å². The van der Waals surface area contributed by atoms with Gasteiger partial charge < -0.3 is 20.7 Å². The molecule has 1 aliphatic heterocycles. The van der Waals surface area contributed by atoms with E-state index in [0.717, 1.165) is 23.9 Å². The van der Waals surface area contributed by atoms with Gasteiger partial charge in [0.2, 0.25) is 0 Å². The summed E-state index contributed by atoms with van der Waals surface area (Å²) >= 11 is 0. The van der Waals surface area contributed by atoms with Gasteiger partial charge in [-0.3, -0.25) is 0 Å². The van der Waals surface area contributed by atoms with Crippen molar-refractivity contribution in [1.82, 2.24) is 19.5 Å². The number of hydrogen-bond acceptors (Lipinski definition) is 7. The maximum atomic E-state index is 12.5. The number of nitrogen functional groups attached to an aromatic ring is 1. The van der Waals surface area contributed by atoms with E-state index in [2.05, 4.69) is 16.5 Å². The molecule has 1 amide bonds. The van der Waals surface area contributed by atoms with E-state index < -0.39 is 5.60 Å². The first-order valence-electron chi connectivity index (χ1n) is 10.6. The van der Waals surface area contributed by atoms with Crippen LogP contribution in [0, 0.1) is 11.3 Å². The van der Waals surface area contributed by atoms with Crippen molar-refractivity contribution in [2.24, 2.45) is 0 Å². The number of rotatable bonds is 3. The Morgan fingerprint density at radius 3 is 2.91 bits per heavy atom. The van der Waals surface area contributed by atoms with E-state index in [9.17, 15) is 10.1 Å². The molecule has 0 aromatic carbocycles. The normalized spacial score (nSPS) is 16.6. The Bertz CT molecular complexity index is 1190. The van der Waals surface area contributed by atoms with Gasteiger partial charge in [0.15, 0.2) is 0 Å². The topological polar surface area (TPSA) is 122 Å². The van der Waals surface area contributed by atoms with Gasteiger partial charge in [0.05, 0.1) is 34.7 Å². The average molecular weight is 434 g/mol. The highest BCUT2D eigenvalue weighted by molar-refractivity contribution is 5.80. The minimum Gasteiger partial charge on any atom is -0.444 e. The maximum Gasteiger partial charge on any atom is 0.410 e. The van der Waals surface area contributed by atoms with Crippen LogP contribution in [0.5, 0.6) is 0 Å². The highest BCUT2D eigenvalue weighted by atomic mass is 16.6. The lowest BCUT2D eigenvalue weighted by Gasteiger charge is -2.34. The first kappa shape index (κ1) is 21.4. The van der Waals surface area contributed by atoms with E-state index in [0.29, 0.717) is 35.9 Å². The van der Waals surface area contributed by atoms with Crippen LogP contribution in [0.2, 0.25) is 0 Å². The first-order chi connectivity index (χ1) is 15.2. The number of carbonyl (C=O) groups excluding carboxylic acids is 1. The van der Waals surface area contributed by atoms with E-state index in [1.165, 1.54) is 0 Å². The molecule has 1 saturated heterocycles. The number of nitrogens with two attached hydrogens (primary N) is 1. The second-order valence-corrected chi connectivity index (χ2v) is 8.96. The number of nitrogens with one attached hydrogen (secondary N) is 1. The molecular weight excluding hydrogens is 406 g/mol. The van der Waals surface area contributed by atoms with Gasteiger partial charge in [0, 0.05) is 30.9 Å². The van der Waals surface area contributed by atoms with Crippen LogP contribution in [0.3, 0.4) is 0 Å². The number of anilines is 2. The van der Waals surface area contributed by atoms with Crippen molar-refractivity contribution in [2.75, 3.05) is 24.1 Å². The number of nitrogens with zero attached hydrogens (tertiary/aromatic N) is 5. The molecule has 1 atom stereocenters. The molecule has 3 aromatic rings. The van der Waals surface area contributed by atoms with E-state index >= 15 is 0 Å². The summed E-state index contributed by atoms with van der Waals surface area (Å²) in [5.74, 6) is 0.564. The SMILES string of the molecule is CC(C)(C)OC(=O)N1CCCC(Nc2nc(-c3cnn4ccc(C#N)cc34)ccc2N)C1. The first-order valence-corrected chi connectivity index (χ1v) is 10.6. The second-order valence-electron chi connectivity index (χ2n) is 8.96. The second kappa shape index (κ2) is 8.38. The summed E-state index contributed by atoms with van der Waals surface area (Å²) in [4.78, 5) is 18.9. The standard InChI is InChI=1S/C23H27N7O2/c1-23(2,3)32-22(31)29-9-4-5-16(14-29)27-21-18(25)6-7-19(28-21)17-13-26-30-10-8-15(12-24)11-20(17)30/h6-8,10-11,13,16H,4-5,9,14,25H2,1-3H3,(H,27,28). The number of aromatic nitrogens is 3. The molecule has 9 heteroatoms. The van der Waals surface area contributed by atoms with Crippen molar-refractivity contribution in [2.45, 2.75) is 45.3 Å². The van der Waals surface area contributed by atoms with Crippen LogP contribution in [-0.2, 0) is 4.74 Å². The molecule has 1 aliphatic rings. The number of likely N-dealkylation sites (tertiary alicyclic amines) is 1. The minimum absolute atomic E-state index is 0.00964. The Labute approximate surface area is 186 Å². The number of amides is 1. The van der Waals surface area contributed by atoms with E-state index in [4.69, 9.17) is 15.5 Å². The van der Waals surface area contributed by atoms with Gasteiger partial charge in [0.1, 0.15) is 11.4 Å². The van der Waals surface area contributed by atoms with Gasteiger partial charge in [-0.05, 0) is 57.9 Å². The van der Waals surface area contributed by atoms with Crippen molar-refractivity contribution in [3.8, 4) is 17.3 Å². The van der Waals surface area contributed by atoms with E-state index in [1.54, 1.807) is 40.0 Å².